The number of nitrogens with one attached hydrogen (secondary N) is 1. The Hall–Kier alpha value is -4.26. The Bertz CT molecular complexity index is 1500. The van der Waals surface area contributed by atoms with Crippen LogP contribution in [0.3, 0.4) is 0 Å². The van der Waals surface area contributed by atoms with Gasteiger partial charge >= 0.3 is 0 Å². The topological polar surface area (TPSA) is 68.9 Å². The lowest BCUT2D eigenvalue weighted by Crippen LogP contribution is -2.26. The van der Waals surface area contributed by atoms with Crippen LogP contribution in [0, 0.1) is 12.7 Å². The minimum Gasteiger partial charge on any atom is -0.342 e. The average molecular weight is 440 g/mol. The zero-order valence-corrected chi connectivity index (χ0v) is 18.0. The van der Waals surface area contributed by atoms with Crippen LogP contribution in [0.25, 0.3) is 22.2 Å². The molecule has 1 amide bonds. The first-order chi connectivity index (χ1) is 16.0. The molecule has 0 spiro atoms. The summed E-state index contributed by atoms with van der Waals surface area (Å²) in [6, 6.07) is 21.5. The third-order valence-corrected chi connectivity index (χ3v) is 5.54. The molecular weight excluding hydrogens is 419 g/mol. The summed E-state index contributed by atoms with van der Waals surface area (Å²) in [5.74, 6) is -0.782. The van der Waals surface area contributed by atoms with Crippen LogP contribution in [-0.4, -0.2) is 20.3 Å². The van der Waals surface area contributed by atoms with Gasteiger partial charge in [0.25, 0.3) is 5.56 Å². The fourth-order valence-electron chi connectivity index (χ4n) is 4.05. The van der Waals surface area contributed by atoms with Gasteiger partial charge in [0.05, 0.1) is 11.1 Å². The number of anilines is 1. The predicted octanol–water partition coefficient (Wildman–Crippen LogP) is 4.44. The van der Waals surface area contributed by atoms with Crippen molar-refractivity contribution in [1.82, 2.24) is 14.3 Å². The number of nitrogens with zero attached hydrogens (tertiary/aromatic N) is 3. The number of benzene rings is 3. The number of hydrogen-bond acceptors (Lipinski definition) is 3. The van der Waals surface area contributed by atoms with E-state index in [0.29, 0.717) is 28.9 Å². The molecule has 0 aromatic heterocycles. The number of carbonyl (C=O) groups excluding carboxylic acids is 1. The Morgan fingerprint density at radius 2 is 1.85 bits per heavy atom. The van der Waals surface area contributed by atoms with Crippen LogP contribution in [0.1, 0.15) is 11.1 Å². The fraction of sp³-hybridized carbons (Fsp3) is 0.115. The maximum Gasteiger partial charge on any atom is 0.278 e. The summed E-state index contributed by atoms with van der Waals surface area (Å²) >= 11 is 0. The molecule has 0 unspecified atom stereocenters. The van der Waals surface area contributed by atoms with E-state index in [9.17, 15) is 14.0 Å². The van der Waals surface area contributed by atoms with Crippen LogP contribution in [0.4, 0.5) is 10.1 Å². The summed E-state index contributed by atoms with van der Waals surface area (Å²) in [6.07, 6.45) is 1.73. The second-order valence-electron chi connectivity index (χ2n) is 8.05. The van der Waals surface area contributed by atoms with Crippen molar-refractivity contribution in [2.75, 3.05) is 5.32 Å². The maximum atomic E-state index is 14.1. The molecule has 2 aliphatic rings. The maximum absolute atomic E-state index is 14.1. The van der Waals surface area contributed by atoms with Crippen LogP contribution in [0.2, 0.25) is 0 Å². The first-order valence-electron chi connectivity index (χ1n) is 10.6. The molecule has 0 aliphatic carbocycles. The number of halogens is 1. The van der Waals surface area contributed by atoms with Gasteiger partial charge in [-0.1, -0.05) is 48.0 Å². The van der Waals surface area contributed by atoms with Crippen molar-refractivity contribution in [3.63, 3.8) is 0 Å². The van der Waals surface area contributed by atoms with E-state index in [1.54, 1.807) is 24.4 Å². The molecule has 1 N–H and O–H groups in total. The Morgan fingerprint density at radius 3 is 2.64 bits per heavy atom. The van der Waals surface area contributed by atoms with Gasteiger partial charge in [0.1, 0.15) is 18.1 Å². The highest BCUT2D eigenvalue weighted by molar-refractivity contribution is 5.94. The number of para-hydroxylation sites is 1. The van der Waals surface area contributed by atoms with Gasteiger partial charge in [-0.3, -0.25) is 9.59 Å². The van der Waals surface area contributed by atoms with E-state index in [1.165, 1.54) is 12.1 Å². The largest absolute Gasteiger partial charge is 0.342 e. The van der Waals surface area contributed by atoms with E-state index in [0.717, 1.165) is 21.3 Å². The number of carbonyl (C=O) groups is 1. The third-order valence-electron chi connectivity index (χ3n) is 5.54. The molecule has 7 heteroatoms. The molecule has 3 aromatic rings. The van der Waals surface area contributed by atoms with E-state index >= 15 is 0 Å². The van der Waals surface area contributed by atoms with Crippen molar-refractivity contribution in [2.24, 2.45) is 0 Å². The molecule has 0 fully saturated rings. The molecule has 5 rings (SSSR count). The van der Waals surface area contributed by atoms with Gasteiger partial charge in [-0.25, -0.2) is 9.07 Å². The van der Waals surface area contributed by atoms with Gasteiger partial charge < -0.3 is 9.88 Å². The van der Waals surface area contributed by atoms with Crippen molar-refractivity contribution >= 4 is 22.5 Å². The zero-order valence-electron chi connectivity index (χ0n) is 18.0. The van der Waals surface area contributed by atoms with Crippen LogP contribution in [0.5, 0.6) is 0 Å². The Kier molecular flexibility index (Phi) is 5.22. The smallest absolute Gasteiger partial charge is 0.278 e. The van der Waals surface area contributed by atoms with E-state index < -0.39 is 11.4 Å². The number of rotatable bonds is 5. The molecule has 0 atom stereocenters. The standard InChI is InChI=1S/C26H21FN4O2/c1-17-6-5-7-18(12-17)14-30-15-22-25(21-13-19(27)10-11-23(21)30)29-31(26(22)33)16-24(32)28-20-8-3-2-4-9-20/h2-13,15H,14,16H2,1H3,(H,28,32). The second-order valence-corrected chi connectivity index (χ2v) is 8.05. The van der Waals surface area contributed by atoms with Crippen LogP contribution >= 0.6 is 0 Å². The lowest BCUT2D eigenvalue weighted by Gasteiger charge is -2.14. The van der Waals surface area contributed by atoms with Crippen LogP contribution < -0.4 is 10.9 Å². The van der Waals surface area contributed by atoms with Crippen molar-refractivity contribution in [1.29, 1.82) is 0 Å². The predicted molar refractivity (Wildman–Crippen MR) is 126 cm³/mol. The average Bonchev–Trinajstić information content (AvgIpc) is 3.10. The van der Waals surface area contributed by atoms with Crippen molar-refractivity contribution < 1.29 is 9.18 Å². The van der Waals surface area contributed by atoms with E-state index in [2.05, 4.69) is 16.5 Å². The molecule has 0 saturated heterocycles. The van der Waals surface area contributed by atoms with E-state index in [4.69, 9.17) is 0 Å². The minimum atomic E-state index is -0.416. The Labute approximate surface area is 189 Å². The first-order valence-corrected chi connectivity index (χ1v) is 10.6. The number of fused-ring (bicyclic) bond motifs is 3. The second kappa shape index (κ2) is 8.35. The summed E-state index contributed by atoms with van der Waals surface area (Å²) < 4.78 is 17.2. The number of aryl methyl sites for hydroxylation is 1. The van der Waals surface area contributed by atoms with Crippen molar-refractivity contribution in [3.05, 3.63) is 106 Å². The van der Waals surface area contributed by atoms with E-state index in [-0.39, 0.29) is 12.5 Å². The van der Waals surface area contributed by atoms with Crippen molar-refractivity contribution in [3.8, 4) is 11.3 Å². The summed E-state index contributed by atoms with van der Waals surface area (Å²) in [5.41, 5.74) is 3.91. The quantitative estimate of drug-likeness (QED) is 0.439. The molecule has 33 heavy (non-hydrogen) atoms. The summed E-state index contributed by atoms with van der Waals surface area (Å²) in [4.78, 5) is 25.6. The van der Waals surface area contributed by atoms with Gasteiger partial charge in [-0.2, -0.15) is 5.10 Å². The normalized spacial score (nSPS) is 11.2. The zero-order chi connectivity index (χ0) is 22.9. The molecule has 2 aliphatic heterocycles. The molecule has 0 radical (unpaired) electrons. The first kappa shape index (κ1) is 20.6. The van der Waals surface area contributed by atoms with Gasteiger partial charge in [0.15, 0.2) is 0 Å². The number of amides is 1. The SMILES string of the molecule is Cc1cccc(Cn2cc3c(=O)n(CC(=O)Nc4ccccc4)nc-3c3cc(F)ccc32)c1. The van der Waals surface area contributed by atoms with E-state index in [1.807, 2.05) is 47.9 Å². The molecule has 164 valence electrons. The highest BCUT2D eigenvalue weighted by atomic mass is 19.1. The monoisotopic (exact) mass is 440 g/mol. The lowest BCUT2D eigenvalue weighted by atomic mass is 10.1. The molecular formula is C26H21FN4O2. The van der Waals surface area contributed by atoms with Crippen LogP contribution in [-0.2, 0) is 17.9 Å². The molecule has 0 saturated carbocycles. The lowest BCUT2D eigenvalue weighted by molar-refractivity contribution is -0.116. The Balaban J connectivity index is 1.57. The minimum absolute atomic E-state index is 0.239. The fourth-order valence-corrected chi connectivity index (χ4v) is 4.05. The number of aromatic nitrogens is 3. The number of hydrogen-bond donors (Lipinski definition) is 1. The van der Waals surface area contributed by atoms with Gasteiger partial charge in [-0.05, 0) is 42.8 Å². The van der Waals surface area contributed by atoms with Gasteiger partial charge in [-0.15, -0.1) is 0 Å². The van der Waals surface area contributed by atoms with Gasteiger partial charge in [0.2, 0.25) is 5.91 Å². The van der Waals surface area contributed by atoms with Crippen molar-refractivity contribution in [2.45, 2.75) is 20.0 Å². The summed E-state index contributed by atoms with van der Waals surface area (Å²) in [5, 5.41) is 7.67. The molecule has 0 bridgehead atoms. The highest BCUT2D eigenvalue weighted by Crippen LogP contribution is 2.28. The molecule has 6 nitrogen and oxygen atoms in total. The molecule has 3 aromatic carbocycles. The third kappa shape index (κ3) is 4.13. The summed E-state index contributed by atoms with van der Waals surface area (Å²) in [7, 11) is 0. The highest BCUT2D eigenvalue weighted by Gasteiger charge is 2.22. The summed E-state index contributed by atoms with van der Waals surface area (Å²) in [6.45, 7) is 2.29. The van der Waals surface area contributed by atoms with Crippen LogP contribution in [0.15, 0.2) is 83.8 Å². The molecule has 2 heterocycles. The Morgan fingerprint density at radius 1 is 1.03 bits per heavy atom. The van der Waals surface area contributed by atoms with Gasteiger partial charge in [0, 0.05) is 23.8 Å². The number of pyridine rings is 1.